The molecule has 2 N–H and O–H groups in total. The molecule has 22 heavy (non-hydrogen) atoms. The molecule has 8 heteroatoms. The van der Waals surface area contributed by atoms with E-state index < -0.39 is 9.84 Å². The second-order valence-corrected chi connectivity index (χ2v) is 8.32. The highest BCUT2D eigenvalue weighted by Crippen LogP contribution is 2.13. The fourth-order valence-electron chi connectivity index (χ4n) is 2.03. The van der Waals surface area contributed by atoms with Crippen molar-refractivity contribution in [3.63, 3.8) is 0 Å². The van der Waals surface area contributed by atoms with E-state index in [0.29, 0.717) is 17.4 Å². The Morgan fingerprint density at radius 1 is 1.27 bits per heavy atom. The number of nitrogens with zero attached hydrogens (tertiary/aromatic N) is 2. The van der Waals surface area contributed by atoms with Crippen molar-refractivity contribution in [2.75, 3.05) is 30.3 Å². The summed E-state index contributed by atoms with van der Waals surface area (Å²) in [6, 6.07) is 6.87. The van der Waals surface area contributed by atoms with Crippen LogP contribution in [-0.4, -0.2) is 49.6 Å². The minimum atomic E-state index is -3.13. The van der Waals surface area contributed by atoms with Crippen LogP contribution in [0, 0.1) is 0 Å². The molecule has 1 aliphatic heterocycles. The average Bonchev–Trinajstić information content (AvgIpc) is 2.54. The third-order valence-corrected chi connectivity index (χ3v) is 6.11. The van der Waals surface area contributed by atoms with Gasteiger partial charge in [0.15, 0.2) is 15.8 Å². The number of nitrogens with two attached hydrogens (primary N) is 1. The lowest BCUT2D eigenvalue weighted by molar-refractivity contribution is 0.455. The van der Waals surface area contributed by atoms with Crippen LogP contribution in [0.4, 0.5) is 0 Å². The van der Waals surface area contributed by atoms with Crippen LogP contribution >= 0.6 is 35.7 Å². The molecule has 0 aliphatic carbocycles. The zero-order valence-corrected chi connectivity index (χ0v) is 16.5. The van der Waals surface area contributed by atoms with Crippen LogP contribution in [-0.2, 0) is 16.4 Å². The van der Waals surface area contributed by atoms with Gasteiger partial charge in [-0.15, -0.1) is 24.0 Å². The lowest BCUT2D eigenvalue weighted by Gasteiger charge is -2.27. The maximum atomic E-state index is 11.7. The normalized spacial score (nSPS) is 16.2. The molecular formula is C14H22IN3O2S2. The summed E-state index contributed by atoms with van der Waals surface area (Å²) in [7, 11) is -3.13. The van der Waals surface area contributed by atoms with Crippen molar-refractivity contribution in [1.82, 2.24) is 4.90 Å². The Morgan fingerprint density at radius 2 is 1.86 bits per heavy atom. The zero-order chi connectivity index (χ0) is 15.3. The molecule has 0 radical (unpaired) electrons. The van der Waals surface area contributed by atoms with Crippen LogP contribution in [0.25, 0.3) is 0 Å². The summed E-state index contributed by atoms with van der Waals surface area (Å²) in [5, 5.41) is 0. The second-order valence-electron chi connectivity index (χ2n) is 4.82. The summed E-state index contributed by atoms with van der Waals surface area (Å²) in [5.74, 6) is 2.85. The lowest BCUT2D eigenvalue weighted by Crippen LogP contribution is -2.42. The topological polar surface area (TPSA) is 75.8 Å². The summed E-state index contributed by atoms with van der Waals surface area (Å²) in [6.45, 7) is 3.99. The van der Waals surface area contributed by atoms with Gasteiger partial charge in [0, 0.05) is 24.6 Å². The number of hydrogen-bond acceptors (Lipinski definition) is 4. The van der Waals surface area contributed by atoms with Gasteiger partial charge < -0.3 is 10.6 Å². The number of halogens is 1. The fraction of sp³-hybridized carbons (Fsp3) is 0.500. The van der Waals surface area contributed by atoms with Crippen molar-refractivity contribution in [1.29, 1.82) is 0 Å². The van der Waals surface area contributed by atoms with Crippen molar-refractivity contribution >= 4 is 51.5 Å². The smallest absolute Gasteiger partial charge is 0.191 e. The summed E-state index contributed by atoms with van der Waals surface area (Å²) >= 11 is 1.93. The molecule has 0 saturated carbocycles. The van der Waals surface area contributed by atoms with Crippen LogP contribution in [0.5, 0.6) is 0 Å². The van der Waals surface area contributed by atoms with Crippen molar-refractivity contribution in [3.05, 3.63) is 29.8 Å². The van der Waals surface area contributed by atoms with Gasteiger partial charge in [0.2, 0.25) is 0 Å². The predicted octanol–water partition coefficient (Wildman–Crippen LogP) is 1.96. The van der Waals surface area contributed by atoms with E-state index in [2.05, 4.69) is 9.89 Å². The van der Waals surface area contributed by atoms with Crippen LogP contribution in [0.3, 0.4) is 0 Å². The number of sulfone groups is 1. The van der Waals surface area contributed by atoms with Crippen molar-refractivity contribution in [2.24, 2.45) is 10.7 Å². The van der Waals surface area contributed by atoms with Gasteiger partial charge in [-0.25, -0.2) is 13.4 Å². The summed E-state index contributed by atoms with van der Waals surface area (Å²) in [5.41, 5.74) is 6.95. The zero-order valence-electron chi connectivity index (χ0n) is 12.6. The Hall–Kier alpha value is -0.480. The van der Waals surface area contributed by atoms with Gasteiger partial charge in [-0.3, -0.25) is 0 Å². The quantitative estimate of drug-likeness (QED) is 0.427. The van der Waals surface area contributed by atoms with E-state index >= 15 is 0 Å². The van der Waals surface area contributed by atoms with Gasteiger partial charge in [-0.2, -0.15) is 11.8 Å². The van der Waals surface area contributed by atoms with E-state index in [1.807, 2.05) is 11.8 Å². The van der Waals surface area contributed by atoms with Gasteiger partial charge in [-0.05, 0) is 17.7 Å². The minimum Gasteiger partial charge on any atom is -0.370 e. The minimum absolute atomic E-state index is 0. The summed E-state index contributed by atoms with van der Waals surface area (Å²) < 4.78 is 23.5. The van der Waals surface area contributed by atoms with Gasteiger partial charge >= 0.3 is 0 Å². The molecule has 1 heterocycles. The van der Waals surface area contributed by atoms with Crippen LogP contribution in [0.2, 0.25) is 0 Å². The molecule has 2 rings (SSSR count). The first-order valence-corrected chi connectivity index (χ1v) is 9.78. The van der Waals surface area contributed by atoms with Gasteiger partial charge in [0.05, 0.1) is 17.2 Å². The Kier molecular flexibility index (Phi) is 7.98. The largest absolute Gasteiger partial charge is 0.370 e. The molecule has 0 unspecified atom stereocenters. The second kappa shape index (κ2) is 8.97. The van der Waals surface area contributed by atoms with Crippen LogP contribution < -0.4 is 5.73 Å². The number of thioether (sulfide) groups is 1. The SMILES string of the molecule is CCS(=O)(=O)c1ccc(CN=C(N)N2CCSCC2)cc1.I. The van der Waals surface area contributed by atoms with Gasteiger partial charge in [0.25, 0.3) is 0 Å². The lowest BCUT2D eigenvalue weighted by atomic mass is 10.2. The maximum absolute atomic E-state index is 11.7. The first kappa shape index (κ1) is 19.6. The summed E-state index contributed by atoms with van der Waals surface area (Å²) in [4.78, 5) is 6.84. The number of guanidine groups is 1. The highest BCUT2D eigenvalue weighted by molar-refractivity contribution is 14.0. The van der Waals surface area contributed by atoms with Gasteiger partial charge in [-0.1, -0.05) is 19.1 Å². The molecule has 0 amide bonds. The molecule has 0 aromatic heterocycles. The Labute approximate surface area is 153 Å². The number of rotatable bonds is 4. The van der Waals surface area contributed by atoms with E-state index in [0.717, 1.165) is 30.2 Å². The third-order valence-electron chi connectivity index (χ3n) is 3.42. The average molecular weight is 455 g/mol. The van der Waals surface area contributed by atoms with E-state index in [-0.39, 0.29) is 29.7 Å². The molecule has 1 saturated heterocycles. The highest BCUT2D eigenvalue weighted by Gasteiger charge is 2.12. The van der Waals surface area contributed by atoms with E-state index in [1.54, 1.807) is 31.2 Å². The highest BCUT2D eigenvalue weighted by atomic mass is 127. The molecule has 0 spiro atoms. The predicted molar refractivity (Wildman–Crippen MR) is 104 cm³/mol. The number of aliphatic imine (C=N–C) groups is 1. The Balaban J connectivity index is 0.00000242. The van der Waals surface area contributed by atoms with Crippen LogP contribution in [0.1, 0.15) is 12.5 Å². The fourth-order valence-corrected chi connectivity index (χ4v) is 3.82. The summed E-state index contributed by atoms with van der Waals surface area (Å²) in [6.07, 6.45) is 0. The van der Waals surface area contributed by atoms with Crippen molar-refractivity contribution < 1.29 is 8.42 Å². The number of benzene rings is 1. The monoisotopic (exact) mass is 455 g/mol. The molecule has 1 aliphatic rings. The van der Waals surface area contributed by atoms with E-state index in [1.165, 1.54) is 0 Å². The molecule has 5 nitrogen and oxygen atoms in total. The standard InChI is InChI=1S/C14H21N3O2S2.HI/c1-2-21(18,19)13-5-3-12(4-6-13)11-16-14(15)17-7-9-20-10-8-17;/h3-6H,2,7-11H2,1H3,(H2,15,16);1H. The van der Waals surface area contributed by atoms with Gasteiger partial charge in [0.1, 0.15) is 0 Å². The van der Waals surface area contributed by atoms with Crippen molar-refractivity contribution in [2.45, 2.75) is 18.4 Å². The molecule has 1 aromatic carbocycles. The molecule has 1 aromatic rings. The first-order chi connectivity index (χ1) is 10.0. The number of hydrogen-bond donors (Lipinski definition) is 1. The first-order valence-electron chi connectivity index (χ1n) is 6.97. The molecule has 0 atom stereocenters. The van der Waals surface area contributed by atoms with Crippen LogP contribution in [0.15, 0.2) is 34.2 Å². The molecule has 0 bridgehead atoms. The molecule has 1 fully saturated rings. The Bertz CT molecular complexity index is 597. The Morgan fingerprint density at radius 3 is 2.41 bits per heavy atom. The van der Waals surface area contributed by atoms with E-state index in [4.69, 9.17) is 5.73 Å². The molecular weight excluding hydrogens is 433 g/mol. The van der Waals surface area contributed by atoms with Crippen molar-refractivity contribution in [3.8, 4) is 0 Å². The molecule has 124 valence electrons. The van der Waals surface area contributed by atoms with E-state index in [9.17, 15) is 8.42 Å². The maximum Gasteiger partial charge on any atom is 0.191 e. The third kappa shape index (κ3) is 5.31.